The Morgan fingerprint density at radius 3 is 2.72 bits per heavy atom. The first-order valence-corrected chi connectivity index (χ1v) is 10.9. The number of carbonyl (C=O) groups excluding carboxylic acids is 1. The standard InChI is InChI=1S/C24H22ClN3O4/c25-17-4-5-21-16(14-17)15-22(32-21)23(29)26-20-3-1-2-19-18(20)6-7-28(24(19)30)9-8-27-10-12-31-13-11-27/h1-7,14-15H,8-13H2,(H,26,29). The molecule has 5 rings (SSSR count). The number of ether oxygens (including phenoxy) is 1. The molecule has 7 nitrogen and oxygen atoms in total. The monoisotopic (exact) mass is 451 g/mol. The lowest BCUT2D eigenvalue weighted by molar-refractivity contribution is 0.0363. The first-order chi connectivity index (χ1) is 15.6. The van der Waals surface area contributed by atoms with E-state index in [0.717, 1.165) is 38.2 Å². The third kappa shape index (κ3) is 4.14. The van der Waals surface area contributed by atoms with Crippen molar-refractivity contribution in [3.8, 4) is 0 Å². The second-order valence-corrected chi connectivity index (χ2v) is 8.22. The highest BCUT2D eigenvalue weighted by Crippen LogP contribution is 2.25. The molecule has 0 radical (unpaired) electrons. The van der Waals surface area contributed by atoms with Crippen molar-refractivity contribution in [2.24, 2.45) is 0 Å². The number of anilines is 1. The molecule has 2 aromatic carbocycles. The van der Waals surface area contributed by atoms with Crippen LogP contribution in [0.25, 0.3) is 21.7 Å². The summed E-state index contributed by atoms with van der Waals surface area (Å²) in [5.41, 5.74) is 1.06. The van der Waals surface area contributed by atoms with Crippen molar-refractivity contribution in [1.29, 1.82) is 0 Å². The Balaban J connectivity index is 1.38. The Morgan fingerprint density at radius 1 is 1.03 bits per heavy atom. The van der Waals surface area contributed by atoms with E-state index in [1.165, 1.54) is 0 Å². The lowest BCUT2D eigenvalue weighted by atomic mass is 10.1. The van der Waals surface area contributed by atoms with Gasteiger partial charge < -0.3 is 19.0 Å². The highest BCUT2D eigenvalue weighted by Gasteiger charge is 2.16. The van der Waals surface area contributed by atoms with Gasteiger partial charge in [0, 0.05) is 59.2 Å². The third-order valence-corrected chi connectivity index (χ3v) is 5.96. The van der Waals surface area contributed by atoms with Gasteiger partial charge in [0.2, 0.25) is 0 Å². The van der Waals surface area contributed by atoms with Crippen molar-refractivity contribution in [2.45, 2.75) is 6.54 Å². The topological polar surface area (TPSA) is 76.7 Å². The molecule has 0 bridgehead atoms. The van der Waals surface area contributed by atoms with Crippen molar-refractivity contribution >= 4 is 44.9 Å². The molecule has 0 unspecified atom stereocenters. The van der Waals surface area contributed by atoms with Gasteiger partial charge in [-0.1, -0.05) is 17.7 Å². The summed E-state index contributed by atoms with van der Waals surface area (Å²) in [5, 5.41) is 5.44. The maximum atomic E-state index is 13.0. The Hall–Kier alpha value is -3.13. The largest absolute Gasteiger partial charge is 0.451 e. The van der Waals surface area contributed by atoms with Crippen LogP contribution in [0.15, 0.2) is 63.9 Å². The molecule has 1 aliphatic heterocycles. The highest BCUT2D eigenvalue weighted by atomic mass is 35.5. The molecule has 164 valence electrons. The molecular weight excluding hydrogens is 430 g/mol. The van der Waals surface area contributed by atoms with Gasteiger partial charge in [-0.2, -0.15) is 0 Å². The number of rotatable bonds is 5. The number of pyridine rings is 1. The smallest absolute Gasteiger partial charge is 0.291 e. The molecule has 1 saturated heterocycles. The van der Waals surface area contributed by atoms with Gasteiger partial charge in [0.15, 0.2) is 5.76 Å². The van der Waals surface area contributed by atoms with E-state index in [2.05, 4.69) is 10.2 Å². The normalized spacial score (nSPS) is 14.8. The summed E-state index contributed by atoms with van der Waals surface area (Å²) in [5.74, 6) is -0.209. The van der Waals surface area contributed by atoms with Crippen LogP contribution >= 0.6 is 11.6 Å². The van der Waals surface area contributed by atoms with Crippen LogP contribution in [0.3, 0.4) is 0 Å². The van der Waals surface area contributed by atoms with Crippen molar-refractivity contribution in [3.63, 3.8) is 0 Å². The van der Waals surface area contributed by atoms with Crippen LogP contribution in [0.1, 0.15) is 10.6 Å². The number of carbonyl (C=O) groups is 1. The number of nitrogens with zero attached hydrogens (tertiary/aromatic N) is 2. The number of halogens is 1. The number of hydrogen-bond acceptors (Lipinski definition) is 5. The zero-order valence-electron chi connectivity index (χ0n) is 17.3. The molecule has 0 aliphatic carbocycles. The van der Waals surface area contributed by atoms with Gasteiger partial charge in [0.05, 0.1) is 13.2 Å². The molecule has 0 atom stereocenters. The molecule has 0 saturated carbocycles. The number of aromatic nitrogens is 1. The summed E-state index contributed by atoms with van der Waals surface area (Å²) in [6.07, 6.45) is 1.78. The van der Waals surface area contributed by atoms with Crippen LogP contribution in [-0.4, -0.2) is 48.2 Å². The van der Waals surface area contributed by atoms with Gasteiger partial charge in [0.25, 0.3) is 11.5 Å². The number of hydrogen-bond donors (Lipinski definition) is 1. The van der Waals surface area contributed by atoms with Gasteiger partial charge in [-0.05, 0) is 42.5 Å². The molecule has 1 aliphatic rings. The summed E-state index contributed by atoms with van der Waals surface area (Å²) >= 11 is 6.01. The van der Waals surface area contributed by atoms with Crippen molar-refractivity contribution in [3.05, 3.63) is 75.9 Å². The molecule has 1 amide bonds. The number of amides is 1. The summed E-state index contributed by atoms with van der Waals surface area (Å²) < 4.78 is 12.7. The number of benzene rings is 2. The van der Waals surface area contributed by atoms with Gasteiger partial charge in [-0.25, -0.2) is 0 Å². The van der Waals surface area contributed by atoms with Gasteiger partial charge in [-0.15, -0.1) is 0 Å². The Kier molecular flexibility index (Phi) is 5.70. The minimum absolute atomic E-state index is 0.0785. The second kappa shape index (κ2) is 8.78. The van der Waals surface area contributed by atoms with E-state index in [1.54, 1.807) is 53.2 Å². The van der Waals surface area contributed by atoms with Crippen LogP contribution in [0.2, 0.25) is 5.02 Å². The molecule has 2 aromatic heterocycles. The van der Waals surface area contributed by atoms with Crippen molar-refractivity contribution in [2.75, 3.05) is 38.2 Å². The predicted octanol–water partition coefficient (Wildman–Crippen LogP) is 3.99. The van der Waals surface area contributed by atoms with Gasteiger partial charge >= 0.3 is 0 Å². The predicted molar refractivity (Wildman–Crippen MR) is 125 cm³/mol. The lowest BCUT2D eigenvalue weighted by Gasteiger charge is -2.26. The number of morpholine rings is 1. The number of nitrogens with one attached hydrogen (secondary N) is 1. The number of furan rings is 1. The van der Waals surface area contributed by atoms with Crippen LogP contribution in [0.5, 0.6) is 0 Å². The van der Waals surface area contributed by atoms with Crippen LogP contribution in [-0.2, 0) is 11.3 Å². The van der Waals surface area contributed by atoms with E-state index in [0.29, 0.717) is 33.6 Å². The van der Waals surface area contributed by atoms with Crippen LogP contribution < -0.4 is 10.9 Å². The Bertz CT molecular complexity index is 1350. The Morgan fingerprint density at radius 2 is 1.88 bits per heavy atom. The zero-order valence-corrected chi connectivity index (χ0v) is 18.1. The third-order valence-electron chi connectivity index (χ3n) is 5.73. The average Bonchev–Trinajstić information content (AvgIpc) is 3.23. The first kappa shape index (κ1) is 20.8. The van der Waals surface area contributed by atoms with Crippen LogP contribution in [0, 0.1) is 0 Å². The van der Waals surface area contributed by atoms with Crippen molar-refractivity contribution in [1.82, 2.24) is 9.47 Å². The minimum Gasteiger partial charge on any atom is -0.451 e. The molecule has 3 heterocycles. The second-order valence-electron chi connectivity index (χ2n) is 7.78. The molecule has 1 N–H and O–H groups in total. The first-order valence-electron chi connectivity index (χ1n) is 10.5. The van der Waals surface area contributed by atoms with Crippen molar-refractivity contribution < 1.29 is 13.9 Å². The summed E-state index contributed by atoms with van der Waals surface area (Å²) in [4.78, 5) is 28.1. The zero-order chi connectivity index (χ0) is 22.1. The maximum absolute atomic E-state index is 13.0. The van der Waals surface area contributed by atoms with E-state index in [-0.39, 0.29) is 17.2 Å². The minimum atomic E-state index is -0.388. The van der Waals surface area contributed by atoms with Gasteiger partial charge in [0.1, 0.15) is 5.58 Å². The average molecular weight is 452 g/mol. The molecular formula is C24H22ClN3O4. The fraction of sp³-hybridized carbons (Fsp3) is 0.250. The Labute approximate surface area is 189 Å². The molecule has 4 aromatic rings. The van der Waals surface area contributed by atoms with E-state index >= 15 is 0 Å². The molecule has 0 spiro atoms. The van der Waals surface area contributed by atoms with Crippen LogP contribution in [0.4, 0.5) is 5.69 Å². The summed E-state index contributed by atoms with van der Waals surface area (Å²) in [7, 11) is 0. The fourth-order valence-electron chi connectivity index (χ4n) is 3.99. The lowest BCUT2D eigenvalue weighted by Crippen LogP contribution is -2.39. The summed E-state index contributed by atoms with van der Waals surface area (Å²) in [6.45, 7) is 4.62. The molecule has 32 heavy (non-hydrogen) atoms. The molecule has 8 heteroatoms. The van der Waals surface area contributed by atoms with E-state index in [4.69, 9.17) is 20.8 Å². The van der Waals surface area contributed by atoms with E-state index in [1.807, 2.05) is 6.07 Å². The number of fused-ring (bicyclic) bond motifs is 2. The van der Waals surface area contributed by atoms with Gasteiger partial charge in [-0.3, -0.25) is 14.5 Å². The maximum Gasteiger partial charge on any atom is 0.291 e. The SMILES string of the molecule is O=C(Nc1cccc2c(=O)n(CCN3CCOCC3)ccc12)c1cc2cc(Cl)ccc2o1. The van der Waals surface area contributed by atoms with E-state index in [9.17, 15) is 9.59 Å². The van der Waals surface area contributed by atoms with E-state index < -0.39 is 0 Å². The quantitative estimate of drug-likeness (QED) is 0.496. The molecule has 1 fully saturated rings. The fourth-order valence-corrected chi connectivity index (χ4v) is 4.17. The summed E-state index contributed by atoms with van der Waals surface area (Å²) in [6, 6.07) is 14.0. The highest BCUT2D eigenvalue weighted by molar-refractivity contribution is 6.31.